The first-order valence-corrected chi connectivity index (χ1v) is 23.4. The van der Waals surface area contributed by atoms with Crippen molar-refractivity contribution in [1.82, 2.24) is 4.57 Å². The van der Waals surface area contributed by atoms with Crippen LogP contribution >= 0.6 is 0 Å². The highest BCUT2D eigenvalue weighted by atomic mass is 15.2. The number of hydrogen-bond donors (Lipinski definition) is 0. The number of nitrogens with zero attached hydrogens (tertiary/aromatic N) is 2. The molecular weight excluding hydrogens is 809 g/mol. The average molecular weight is 855 g/mol. The van der Waals surface area contributed by atoms with Gasteiger partial charge in [-0.25, -0.2) is 0 Å². The van der Waals surface area contributed by atoms with E-state index in [-0.39, 0.29) is 12.0 Å². The molecule has 2 atom stereocenters. The van der Waals surface area contributed by atoms with Crippen LogP contribution < -0.4 is 4.90 Å². The molecule has 0 radical (unpaired) electrons. The monoisotopic (exact) mass is 854 g/mol. The highest BCUT2D eigenvalue weighted by Crippen LogP contribution is 2.57. The Morgan fingerprint density at radius 2 is 0.940 bits per heavy atom. The Morgan fingerprint density at radius 1 is 0.403 bits per heavy atom. The SMILES string of the molecule is C1=CC(N(c2ccc(-c3ccccc3-n3c4ccccc4c4ccccc43)cc2)c2ccc3c(c2)-c2ccccc2C3(c2ccccc2)c2ccccc2)C(c2ccccc2)c2ccccc21. The molecule has 11 aromatic rings. The van der Waals surface area contributed by atoms with E-state index in [1.807, 2.05) is 0 Å². The molecule has 0 spiro atoms. The molecule has 2 aliphatic rings. The predicted molar refractivity (Wildman–Crippen MR) is 280 cm³/mol. The van der Waals surface area contributed by atoms with Gasteiger partial charge in [-0.3, -0.25) is 0 Å². The first kappa shape index (κ1) is 39.0. The van der Waals surface area contributed by atoms with E-state index in [0.717, 1.165) is 17.1 Å². The molecule has 10 aromatic carbocycles. The fourth-order valence-corrected chi connectivity index (χ4v) is 11.7. The summed E-state index contributed by atoms with van der Waals surface area (Å²) in [5.74, 6) is 0.0753. The van der Waals surface area contributed by atoms with E-state index >= 15 is 0 Å². The maximum absolute atomic E-state index is 2.60. The normalized spacial score (nSPS) is 15.5. The fraction of sp³-hybridized carbons (Fsp3) is 0.0462. The molecule has 2 unspecified atom stereocenters. The van der Waals surface area contributed by atoms with Gasteiger partial charge in [-0.15, -0.1) is 0 Å². The van der Waals surface area contributed by atoms with Crippen LogP contribution in [0.5, 0.6) is 0 Å². The second-order valence-corrected chi connectivity index (χ2v) is 17.9. The highest BCUT2D eigenvalue weighted by Gasteiger charge is 2.46. The Morgan fingerprint density at radius 3 is 1.64 bits per heavy atom. The van der Waals surface area contributed by atoms with Gasteiger partial charge < -0.3 is 9.47 Å². The maximum Gasteiger partial charge on any atom is 0.0713 e. The molecule has 67 heavy (non-hydrogen) atoms. The minimum Gasteiger partial charge on any atom is -0.334 e. The van der Waals surface area contributed by atoms with Gasteiger partial charge in [0.05, 0.1) is 28.2 Å². The molecule has 316 valence electrons. The van der Waals surface area contributed by atoms with Crippen molar-refractivity contribution >= 4 is 39.3 Å². The van der Waals surface area contributed by atoms with E-state index in [9.17, 15) is 0 Å². The maximum atomic E-state index is 2.60. The summed E-state index contributed by atoms with van der Waals surface area (Å²) in [6.07, 6.45) is 4.77. The summed E-state index contributed by atoms with van der Waals surface area (Å²) in [6, 6.07) is 94.2. The van der Waals surface area contributed by atoms with Crippen molar-refractivity contribution in [2.45, 2.75) is 17.4 Å². The van der Waals surface area contributed by atoms with Crippen LogP contribution in [0.4, 0.5) is 11.4 Å². The molecular formula is C65H46N2. The Kier molecular flexibility index (Phi) is 9.25. The number of para-hydroxylation sites is 3. The van der Waals surface area contributed by atoms with Gasteiger partial charge in [0.1, 0.15) is 0 Å². The third kappa shape index (κ3) is 6.10. The molecule has 2 nitrogen and oxygen atoms in total. The molecule has 0 N–H and O–H groups in total. The Labute approximate surface area is 392 Å². The van der Waals surface area contributed by atoms with Crippen molar-refractivity contribution in [3.63, 3.8) is 0 Å². The molecule has 2 aliphatic carbocycles. The second kappa shape index (κ2) is 15.9. The predicted octanol–water partition coefficient (Wildman–Crippen LogP) is 16.2. The van der Waals surface area contributed by atoms with Crippen molar-refractivity contribution in [3.05, 3.63) is 300 Å². The summed E-state index contributed by atoms with van der Waals surface area (Å²) >= 11 is 0. The zero-order valence-electron chi connectivity index (χ0n) is 37.0. The topological polar surface area (TPSA) is 8.17 Å². The standard InChI is InChI=1S/C65H46N2/c1-4-21-47(22-5-1)64-53-28-11-10-20-45(53)38-43-63(64)66(50-39-36-46(37-40-50)52-27-13-17-33-60(52)67-61-34-18-14-30-55(61)56-31-15-19-35-62(56)67)51-41-42-59-57(44-51)54-29-12-16-32-58(54)65(59,48-23-6-2-7-24-48)49-25-8-3-9-26-49/h1-44,63-64H. The summed E-state index contributed by atoms with van der Waals surface area (Å²) < 4.78 is 2.43. The van der Waals surface area contributed by atoms with Crippen LogP contribution in [-0.2, 0) is 5.41 Å². The minimum atomic E-state index is -0.473. The van der Waals surface area contributed by atoms with Gasteiger partial charge in [0.15, 0.2) is 0 Å². The number of fused-ring (bicyclic) bond motifs is 7. The lowest BCUT2D eigenvalue weighted by Gasteiger charge is -2.40. The number of anilines is 2. The van der Waals surface area contributed by atoms with E-state index < -0.39 is 5.41 Å². The van der Waals surface area contributed by atoms with E-state index in [1.165, 1.54) is 83.0 Å². The van der Waals surface area contributed by atoms with Gasteiger partial charge in [0.2, 0.25) is 0 Å². The molecule has 0 saturated heterocycles. The molecule has 13 rings (SSSR count). The molecule has 0 amide bonds. The first-order valence-electron chi connectivity index (χ1n) is 23.4. The fourth-order valence-electron chi connectivity index (χ4n) is 11.7. The highest BCUT2D eigenvalue weighted by molar-refractivity contribution is 6.09. The molecule has 1 aromatic heterocycles. The van der Waals surface area contributed by atoms with Crippen LogP contribution in [0.15, 0.2) is 261 Å². The number of rotatable bonds is 8. The third-order valence-electron chi connectivity index (χ3n) is 14.5. The Bertz CT molecular complexity index is 3550. The summed E-state index contributed by atoms with van der Waals surface area (Å²) in [5, 5.41) is 2.52. The quantitative estimate of drug-likeness (QED) is 0.148. The Balaban J connectivity index is 1.01. The van der Waals surface area contributed by atoms with Crippen molar-refractivity contribution in [2.75, 3.05) is 4.90 Å². The van der Waals surface area contributed by atoms with Crippen LogP contribution in [0.3, 0.4) is 0 Å². The van der Waals surface area contributed by atoms with Gasteiger partial charge in [0, 0.05) is 33.6 Å². The van der Waals surface area contributed by atoms with E-state index in [0.29, 0.717) is 0 Å². The van der Waals surface area contributed by atoms with E-state index in [4.69, 9.17) is 0 Å². The minimum absolute atomic E-state index is 0.0317. The molecule has 0 bridgehead atoms. The van der Waals surface area contributed by atoms with E-state index in [2.05, 4.69) is 276 Å². The summed E-state index contributed by atoms with van der Waals surface area (Å²) in [4.78, 5) is 2.60. The lowest BCUT2D eigenvalue weighted by molar-refractivity contribution is 0.672. The van der Waals surface area contributed by atoms with Crippen molar-refractivity contribution in [3.8, 4) is 27.9 Å². The molecule has 0 saturated carbocycles. The van der Waals surface area contributed by atoms with Crippen LogP contribution in [0.1, 0.15) is 44.9 Å². The van der Waals surface area contributed by atoms with Crippen LogP contribution in [-0.4, -0.2) is 10.6 Å². The molecule has 0 fully saturated rings. The summed E-state index contributed by atoms with van der Waals surface area (Å²) in [7, 11) is 0. The zero-order chi connectivity index (χ0) is 44.3. The van der Waals surface area contributed by atoms with Crippen LogP contribution in [0.25, 0.3) is 55.8 Å². The largest absolute Gasteiger partial charge is 0.334 e. The van der Waals surface area contributed by atoms with Gasteiger partial charge in [-0.05, 0) is 98.1 Å². The summed E-state index contributed by atoms with van der Waals surface area (Å²) in [5.41, 5.74) is 19.3. The molecule has 0 aliphatic heterocycles. The lowest BCUT2D eigenvalue weighted by Crippen LogP contribution is -2.37. The second-order valence-electron chi connectivity index (χ2n) is 17.9. The summed E-state index contributed by atoms with van der Waals surface area (Å²) in [6.45, 7) is 0. The van der Waals surface area contributed by atoms with E-state index in [1.54, 1.807) is 0 Å². The number of aromatic nitrogens is 1. The van der Waals surface area contributed by atoms with Crippen molar-refractivity contribution in [1.29, 1.82) is 0 Å². The van der Waals surface area contributed by atoms with Gasteiger partial charge >= 0.3 is 0 Å². The van der Waals surface area contributed by atoms with Crippen molar-refractivity contribution in [2.24, 2.45) is 0 Å². The third-order valence-corrected chi connectivity index (χ3v) is 14.5. The van der Waals surface area contributed by atoms with Gasteiger partial charge in [-0.1, -0.05) is 224 Å². The first-order chi connectivity index (χ1) is 33.3. The average Bonchev–Trinajstić information content (AvgIpc) is 3.90. The zero-order valence-corrected chi connectivity index (χ0v) is 37.0. The van der Waals surface area contributed by atoms with Gasteiger partial charge in [-0.2, -0.15) is 0 Å². The lowest BCUT2D eigenvalue weighted by atomic mass is 9.68. The molecule has 1 heterocycles. The van der Waals surface area contributed by atoms with Gasteiger partial charge in [0.25, 0.3) is 0 Å². The smallest absolute Gasteiger partial charge is 0.0713 e. The van der Waals surface area contributed by atoms with Crippen molar-refractivity contribution < 1.29 is 0 Å². The number of hydrogen-bond acceptors (Lipinski definition) is 1. The van der Waals surface area contributed by atoms with Crippen LogP contribution in [0, 0.1) is 0 Å². The number of benzene rings is 10. The Hall–Kier alpha value is -8.46. The van der Waals surface area contributed by atoms with Crippen LogP contribution in [0.2, 0.25) is 0 Å². The molecule has 2 heteroatoms.